The molecule has 4 nitrogen and oxygen atoms in total. The Morgan fingerprint density at radius 3 is 3.14 bits per heavy atom. The highest BCUT2D eigenvalue weighted by Crippen LogP contribution is 2.21. The monoisotopic (exact) mass is 255 g/mol. The number of rotatable bonds is 3. The summed E-state index contributed by atoms with van der Waals surface area (Å²) in [7, 11) is 1.89. The first-order valence-electron chi connectivity index (χ1n) is 4.24. The quantitative estimate of drug-likeness (QED) is 0.884. The van der Waals surface area contributed by atoms with Crippen molar-refractivity contribution in [1.29, 1.82) is 0 Å². The van der Waals surface area contributed by atoms with Crippen LogP contribution in [0.5, 0.6) is 0 Å². The van der Waals surface area contributed by atoms with E-state index in [1.54, 1.807) is 6.26 Å². The van der Waals surface area contributed by atoms with Crippen LogP contribution in [0.25, 0.3) is 11.6 Å². The average Bonchev–Trinajstić information content (AvgIpc) is 2.76. The molecule has 0 unspecified atom stereocenters. The number of imidazole rings is 1. The minimum absolute atomic E-state index is 0.743. The van der Waals surface area contributed by atoms with Gasteiger partial charge in [0.1, 0.15) is 4.60 Å². The SMILES string of the molecule is CNCc1[nH]c(-c2ccco2)nc1Br. The van der Waals surface area contributed by atoms with Crippen LogP contribution >= 0.6 is 15.9 Å². The lowest BCUT2D eigenvalue weighted by molar-refractivity contribution is 0.578. The second-order valence-electron chi connectivity index (χ2n) is 2.86. The van der Waals surface area contributed by atoms with Crippen molar-refractivity contribution in [2.24, 2.45) is 0 Å². The molecular formula is C9H10BrN3O. The minimum atomic E-state index is 0.743. The van der Waals surface area contributed by atoms with Crippen LogP contribution in [0.4, 0.5) is 0 Å². The largest absolute Gasteiger partial charge is 0.461 e. The summed E-state index contributed by atoms with van der Waals surface area (Å²) < 4.78 is 6.05. The van der Waals surface area contributed by atoms with Gasteiger partial charge in [-0.25, -0.2) is 4.98 Å². The number of aromatic nitrogens is 2. The van der Waals surface area contributed by atoms with Gasteiger partial charge in [-0.05, 0) is 35.1 Å². The first-order valence-corrected chi connectivity index (χ1v) is 5.03. The molecule has 0 saturated heterocycles. The van der Waals surface area contributed by atoms with Crippen molar-refractivity contribution in [2.75, 3.05) is 7.05 Å². The Hall–Kier alpha value is -1.07. The van der Waals surface area contributed by atoms with Gasteiger partial charge in [0, 0.05) is 6.54 Å². The Labute approximate surface area is 89.9 Å². The molecule has 5 heteroatoms. The lowest BCUT2D eigenvalue weighted by atomic mass is 10.4. The molecule has 74 valence electrons. The number of aromatic amines is 1. The molecular weight excluding hydrogens is 246 g/mol. The molecule has 0 aliphatic heterocycles. The molecule has 2 heterocycles. The second kappa shape index (κ2) is 3.98. The van der Waals surface area contributed by atoms with E-state index in [9.17, 15) is 0 Å². The molecule has 2 aromatic rings. The van der Waals surface area contributed by atoms with Crippen molar-refractivity contribution in [1.82, 2.24) is 15.3 Å². The van der Waals surface area contributed by atoms with Crippen molar-refractivity contribution in [2.45, 2.75) is 6.54 Å². The van der Waals surface area contributed by atoms with E-state index in [0.29, 0.717) is 0 Å². The molecule has 0 saturated carbocycles. The van der Waals surface area contributed by atoms with Gasteiger partial charge in [-0.3, -0.25) is 0 Å². The Bertz CT molecular complexity index is 408. The van der Waals surface area contributed by atoms with E-state index in [2.05, 4.69) is 31.2 Å². The van der Waals surface area contributed by atoms with Gasteiger partial charge in [0.25, 0.3) is 0 Å². The smallest absolute Gasteiger partial charge is 0.174 e. The highest BCUT2D eigenvalue weighted by atomic mass is 79.9. The number of nitrogens with one attached hydrogen (secondary N) is 2. The number of hydrogen-bond donors (Lipinski definition) is 2. The number of H-pyrrole nitrogens is 1. The predicted molar refractivity (Wildman–Crippen MR) is 56.8 cm³/mol. The fourth-order valence-corrected chi connectivity index (χ4v) is 1.63. The molecule has 2 aromatic heterocycles. The lowest BCUT2D eigenvalue weighted by Crippen LogP contribution is -2.05. The van der Waals surface area contributed by atoms with E-state index in [0.717, 1.165) is 28.4 Å². The molecule has 14 heavy (non-hydrogen) atoms. The highest BCUT2D eigenvalue weighted by Gasteiger charge is 2.09. The Morgan fingerprint density at radius 2 is 2.50 bits per heavy atom. The molecule has 2 N–H and O–H groups in total. The number of furan rings is 1. The summed E-state index contributed by atoms with van der Waals surface area (Å²) in [5.74, 6) is 1.49. The highest BCUT2D eigenvalue weighted by molar-refractivity contribution is 9.10. The summed E-state index contributed by atoms with van der Waals surface area (Å²) in [4.78, 5) is 7.47. The first kappa shape index (κ1) is 9.48. The summed E-state index contributed by atoms with van der Waals surface area (Å²) in [6, 6.07) is 3.71. The predicted octanol–water partition coefficient (Wildman–Crippen LogP) is 2.15. The Morgan fingerprint density at radius 1 is 1.64 bits per heavy atom. The molecule has 0 aliphatic carbocycles. The number of hydrogen-bond acceptors (Lipinski definition) is 3. The standard InChI is InChI=1S/C9H10BrN3O/c1-11-5-6-8(10)13-9(12-6)7-3-2-4-14-7/h2-4,11H,5H2,1H3,(H,12,13). The van der Waals surface area contributed by atoms with Gasteiger partial charge in [-0.1, -0.05) is 0 Å². The molecule has 0 spiro atoms. The zero-order valence-electron chi connectivity index (χ0n) is 7.67. The maximum Gasteiger partial charge on any atom is 0.174 e. The van der Waals surface area contributed by atoms with Crippen molar-refractivity contribution in [3.8, 4) is 11.6 Å². The summed E-state index contributed by atoms with van der Waals surface area (Å²) in [6.45, 7) is 0.744. The van der Waals surface area contributed by atoms with Crippen LogP contribution in [0.1, 0.15) is 5.69 Å². The van der Waals surface area contributed by atoms with Crippen LogP contribution in [-0.4, -0.2) is 17.0 Å². The van der Waals surface area contributed by atoms with E-state index in [1.165, 1.54) is 0 Å². The normalized spacial score (nSPS) is 10.7. The van der Waals surface area contributed by atoms with Crippen molar-refractivity contribution in [3.05, 3.63) is 28.7 Å². The zero-order valence-corrected chi connectivity index (χ0v) is 9.26. The van der Waals surface area contributed by atoms with Gasteiger partial charge in [0.15, 0.2) is 11.6 Å². The molecule has 0 aliphatic rings. The molecule has 0 fully saturated rings. The Kier molecular flexibility index (Phi) is 2.69. The average molecular weight is 256 g/mol. The van der Waals surface area contributed by atoms with Crippen LogP contribution in [0.3, 0.4) is 0 Å². The van der Waals surface area contributed by atoms with Gasteiger partial charge in [0.2, 0.25) is 0 Å². The van der Waals surface area contributed by atoms with Crippen LogP contribution < -0.4 is 5.32 Å². The van der Waals surface area contributed by atoms with Crippen molar-refractivity contribution in [3.63, 3.8) is 0 Å². The summed E-state index contributed by atoms with van der Waals surface area (Å²) >= 11 is 3.38. The van der Waals surface area contributed by atoms with Crippen LogP contribution in [0, 0.1) is 0 Å². The fraction of sp³-hybridized carbons (Fsp3) is 0.222. The van der Waals surface area contributed by atoms with E-state index < -0.39 is 0 Å². The molecule has 0 aromatic carbocycles. The van der Waals surface area contributed by atoms with E-state index in [4.69, 9.17) is 4.42 Å². The molecule has 0 amide bonds. The molecule has 0 atom stereocenters. The number of nitrogens with zero attached hydrogens (tertiary/aromatic N) is 1. The Balaban J connectivity index is 2.33. The van der Waals surface area contributed by atoms with Gasteiger partial charge in [-0.2, -0.15) is 0 Å². The topological polar surface area (TPSA) is 53.9 Å². The molecule has 0 bridgehead atoms. The summed E-state index contributed by atoms with van der Waals surface area (Å²) in [5, 5.41) is 3.05. The van der Waals surface area contributed by atoms with Crippen molar-refractivity contribution >= 4 is 15.9 Å². The van der Waals surface area contributed by atoms with Gasteiger partial charge >= 0.3 is 0 Å². The van der Waals surface area contributed by atoms with E-state index >= 15 is 0 Å². The minimum Gasteiger partial charge on any atom is -0.461 e. The van der Waals surface area contributed by atoms with E-state index in [-0.39, 0.29) is 0 Å². The van der Waals surface area contributed by atoms with E-state index in [1.807, 2.05) is 19.2 Å². The zero-order chi connectivity index (χ0) is 9.97. The third-order valence-corrected chi connectivity index (χ3v) is 2.49. The summed E-state index contributed by atoms with van der Waals surface area (Å²) in [5.41, 5.74) is 1.01. The van der Waals surface area contributed by atoms with Crippen molar-refractivity contribution < 1.29 is 4.42 Å². The lowest BCUT2D eigenvalue weighted by Gasteiger charge is -1.93. The second-order valence-corrected chi connectivity index (χ2v) is 3.61. The third-order valence-electron chi connectivity index (χ3n) is 1.84. The maximum atomic E-state index is 5.23. The maximum absolute atomic E-state index is 5.23. The van der Waals surface area contributed by atoms with Crippen LogP contribution in [0.15, 0.2) is 27.4 Å². The molecule has 0 radical (unpaired) electrons. The van der Waals surface area contributed by atoms with Gasteiger partial charge in [0.05, 0.1) is 12.0 Å². The van der Waals surface area contributed by atoms with Gasteiger partial charge < -0.3 is 14.7 Å². The summed E-state index contributed by atoms with van der Waals surface area (Å²) in [6.07, 6.45) is 1.63. The third kappa shape index (κ3) is 1.73. The van der Waals surface area contributed by atoms with Crippen LogP contribution in [0.2, 0.25) is 0 Å². The van der Waals surface area contributed by atoms with Crippen LogP contribution in [-0.2, 0) is 6.54 Å². The molecule has 2 rings (SSSR count). The van der Waals surface area contributed by atoms with Gasteiger partial charge in [-0.15, -0.1) is 0 Å². The number of halogens is 1. The fourth-order valence-electron chi connectivity index (χ4n) is 1.21. The first-order chi connectivity index (χ1) is 6.81.